The molecule has 0 aromatic heterocycles. The quantitative estimate of drug-likeness (QED) is 0.0165. The minimum absolute atomic E-state index is 0.0514. The molecule has 5 N–H and O–H groups in total. The molecule has 4 unspecified atom stereocenters. The Morgan fingerprint density at radius 2 is 0.640 bits per heavy atom. The number of hydrogen-bond acceptors (Lipinski definition) is 12. The van der Waals surface area contributed by atoms with Crippen LogP contribution >= 0.6 is 0 Å². The van der Waals surface area contributed by atoms with E-state index in [1.54, 1.807) is 210 Å². The molecule has 16 nitrogen and oxygen atoms in total. The van der Waals surface area contributed by atoms with Crippen LogP contribution in [0.2, 0.25) is 0 Å². The first-order valence-electron chi connectivity index (χ1n) is 28.2. The highest BCUT2D eigenvalue weighted by atomic mass is 16.5. The number of rotatable bonds is 17. The molecule has 0 saturated heterocycles. The van der Waals surface area contributed by atoms with E-state index >= 15 is 0 Å². The summed E-state index contributed by atoms with van der Waals surface area (Å²) in [5, 5.41) is 9.74. The molecule has 0 bridgehead atoms. The third-order valence-electron chi connectivity index (χ3n) is 14.6. The number of carbonyl (C=O) groups is 10. The Hall–Kier alpha value is -11.4. The molecule has 0 spiro atoms. The van der Waals surface area contributed by atoms with Gasteiger partial charge in [-0.05, 0) is 86.3 Å². The number of hydrogen-bond donors (Lipinski definition) is 4. The van der Waals surface area contributed by atoms with Crippen molar-refractivity contribution in [3.63, 3.8) is 0 Å². The largest absolute Gasteiger partial charge is 0.481 e. The van der Waals surface area contributed by atoms with Crippen molar-refractivity contribution in [2.45, 2.75) is 51.4 Å². The summed E-state index contributed by atoms with van der Waals surface area (Å²) in [6.07, 6.45) is 0. The zero-order valence-corrected chi connectivity index (χ0v) is 49.4. The van der Waals surface area contributed by atoms with Gasteiger partial charge in [0, 0.05) is 44.5 Å². The van der Waals surface area contributed by atoms with Crippen LogP contribution in [0, 0.1) is 0 Å². The lowest BCUT2D eigenvalue weighted by atomic mass is 9.95. The molecular weight excluding hydrogens is 1120 g/mol. The van der Waals surface area contributed by atoms with Gasteiger partial charge in [-0.3, -0.25) is 58.8 Å². The van der Waals surface area contributed by atoms with Crippen molar-refractivity contribution in [3.05, 3.63) is 321 Å². The number of ketones is 4. The van der Waals surface area contributed by atoms with Crippen LogP contribution in [-0.2, 0) is 23.9 Å². The van der Waals surface area contributed by atoms with Gasteiger partial charge in [0.05, 0.1) is 41.9 Å². The fraction of sp³-hybridized carbons (Fsp3) is 0.123. The number of hydrazine groups is 2. The Kier molecular flexibility index (Phi) is 22.8. The minimum Gasteiger partial charge on any atom is -0.481 e. The number of methoxy groups -OCH3 is 1. The molecular formula is C73H64N4O12. The average molecular weight is 1190 g/mol. The normalized spacial score (nSPS) is 12.4. The van der Waals surface area contributed by atoms with Gasteiger partial charge in [0.1, 0.15) is 0 Å². The highest BCUT2D eigenvalue weighted by Gasteiger charge is 2.37. The van der Waals surface area contributed by atoms with Crippen LogP contribution < -0.4 is 16.7 Å². The lowest BCUT2D eigenvalue weighted by Crippen LogP contribution is -2.47. The van der Waals surface area contributed by atoms with Crippen LogP contribution in [-0.4, -0.2) is 75.9 Å². The first kappa shape index (κ1) is 65.2. The molecule has 1 aliphatic rings. The second kappa shape index (κ2) is 31.2. The summed E-state index contributed by atoms with van der Waals surface area (Å²) >= 11 is 0. The second-order valence-corrected chi connectivity index (χ2v) is 20.5. The van der Waals surface area contributed by atoms with Crippen molar-refractivity contribution >= 4 is 58.7 Å². The Labute approximate surface area is 514 Å². The maximum absolute atomic E-state index is 12.8. The molecule has 9 aromatic carbocycles. The SMILES string of the molecule is CC(C(=O)NN)c1cccc(C(=O)c2ccccc2)c1.CC(C(=O)NN1C(=O)c2ccccc2C1=O)c1cccc(C(=O)c2ccccc2)c1.CC(C(=O)O)c1cccc(C(=O)c2ccccc2)c1.COC(=O)C(C)c1cccc(C(=O)c2ccccc2)c1. The number of aliphatic carboxylic acids is 1. The fourth-order valence-corrected chi connectivity index (χ4v) is 9.20. The monoisotopic (exact) mass is 1190 g/mol. The fourth-order valence-electron chi connectivity index (χ4n) is 9.20. The van der Waals surface area contributed by atoms with E-state index in [9.17, 15) is 47.9 Å². The van der Waals surface area contributed by atoms with E-state index < -0.39 is 41.4 Å². The van der Waals surface area contributed by atoms with E-state index in [0.29, 0.717) is 55.6 Å². The third kappa shape index (κ3) is 16.8. The van der Waals surface area contributed by atoms with E-state index in [1.807, 2.05) is 60.7 Å². The van der Waals surface area contributed by atoms with Crippen LogP contribution in [0.4, 0.5) is 0 Å². The number of nitrogens with two attached hydrogens (primary N) is 1. The molecule has 0 radical (unpaired) electrons. The van der Waals surface area contributed by atoms with Gasteiger partial charge in [-0.2, -0.15) is 5.01 Å². The van der Waals surface area contributed by atoms with Crippen LogP contribution in [0.15, 0.2) is 243 Å². The molecule has 0 saturated carbocycles. The van der Waals surface area contributed by atoms with Crippen molar-refractivity contribution in [2.24, 2.45) is 5.84 Å². The summed E-state index contributed by atoms with van der Waals surface area (Å²) < 4.78 is 4.73. The van der Waals surface area contributed by atoms with E-state index in [-0.39, 0.29) is 52.1 Å². The zero-order valence-electron chi connectivity index (χ0n) is 49.4. The molecule has 0 fully saturated rings. The molecule has 448 valence electrons. The highest BCUT2D eigenvalue weighted by Crippen LogP contribution is 2.26. The Bertz CT molecular complexity index is 3900. The molecule has 10 rings (SSSR count). The van der Waals surface area contributed by atoms with Gasteiger partial charge in [0.2, 0.25) is 11.8 Å². The number of nitrogens with zero attached hydrogens (tertiary/aromatic N) is 1. The zero-order chi connectivity index (χ0) is 64.1. The number of ether oxygens (including phenoxy) is 1. The number of carboxylic acids is 1. The van der Waals surface area contributed by atoms with Crippen molar-refractivity contribution in [2.75, 3.05) is 7.11 Å². The number of imide groups is 1. The number of carboxylic acid groups (broad SMARTS) is 1. The molecule has 1 aliphatic heterocycles. The topological polar surface area (TPSA) is 253 Å². The van der Waals surface area contributed by atoms with Crippen molar-refractivity contribution in [3.8, 4) is 0 Å². The Morgan fingerprint density at radius 1 is 0.371 bits per heavy atom. The van der Waals surface area contributed by atoms with Gasteiger partial charge in [0.15, 0.2) is 23.1 Å². The van der Waals surface area contributed by atoms with Crippen molar-refractivity contribution in [1.82, 2.24) is 15.9 Å². The molecule has 4 atom stereocenters. The molecule has 4 amide bonds. The van der Waals surface area contributed by atoms with Crippen LogP contribution in [0.3, 0.4) is 0 Å². The predicted octanol–water partition coefficient (Wildman–Crippen LogP) is 11.7. The number of benzene rings is 9. The number of nitrogens with one attached hydrogen (secondary N) is 2. The van der Waals surface area contributed by atoms with Gasteiger partial charge >= 0.3 is 11.9 Å². The van der Waals surface area contributed by atoms with Crippen LogP contribution in [0.25, 0.3) is 0 Å². The number of amides is 4. The molecule has 16 heteroatoms. The van der Waals surface area contributed by atoms with Gasteiger partial charge in [0.25, 0.3) is 11.8 Å². The van der Waals surface area contributed by atoms with Gasteiger partial charge in [-0.25, -0.2) is 5.84 Å². The second-order valence-electron chi connectivity index (χ2n) is 20.5. The molecule has 0 aliphatic carbocycles. The third-order valence-corrected chi connectivity index (χ3v) is 14.6. The Balaban J connectivity index is 0.000000173. The summed E-state index contributed by atoms with van der Waals surface area (Å²) in [6, 6.07) is 70.1. The first-order valence-corrected chi connectivity index (χ1v) is 28.2. The summed E-state index contributed by atoms with van der Waals surface area (Å²) in [5.74, 6) is -0.459. The smallest absolute Gasteiger partial charge is 0.312 e. The highest BCUT2D eigenvalue weighted by molar-refractivity contribution is 6.22. The van der Waals surface area contributed by atoms with E-state index in [2.05, 4.69) is 10.9 Å². The molecule has 89 heavy (non-hydrogen) atoms. The number of esters is 1. The standard InChI is InChI=1S/C24H18N2O4.C17H16O3.C16H16N2O2.C16H14O3/c1-15(17-10-7-11-18(14-17)21(27)16-8-3-2-4-9-16)22(28)25-26-23(29)19-12-5-6-13-20(19)24(26)30;1-12(17(19)20-2)14-9-6-10-15(11-14)16(18)13-7-4-3-5-8-13;1-11(16(20)18-17)13-8-5-9-14(10-13)15(19)12-6-3-2-4-7-12;1-11(16(18)19)13-8-5-9-14(10-13)15(17)12-6-3-2-4-7-12/h2-15H,1H3,(H,25,28);3-12H,1-2H3;2-11H,17H2,1H3,(H,18,20);2-11H,1H3,(H,18,19). The summed E-state index contributed by atoms with van der Waals surface area (Å²) in [7, 11) is 1.36. The van der Waals surface area contributed by atoms with Crippen LogP contribution in [0.5, 0.6) is 0 Å². The summed E-state index contributed by atoms with van der Waals surface area (Å²) in [6.45, 7) is 6.76. The lowest BCUT2D eigenvalue weighted by Gasteiger charge is -2.19. The summed E-state index contributed by atoms with van der Waals surface area (Å²) in [5.41, 5.74) is 12.3. The van der Waals surface area contributed by atoms with Gasteiger partial charge in [-0.1, -0.05) is 206 Å². The van der Waals surface area contributed by atoms with E-state index in [0.717, 1.165) is 16.1 Å². The molecule has 9 aromatic rings. The van der Waals surface area contributed by atoms with E-state index in [4.69, 9.17) is 15.7 Å². The van der Waals surface area contributed by atoms with Crippen molar-refractivity contribution in [1.29, 1.82) is 0 Å². The number of carbonyl (C=O) groups excluding carboxylic acids is 9. The average Bonchev–Trinajstić information content (AvgIpc) is 2.47. The maximum Gasteiger partial charge on any atom is 0.312 e. The van der Waals surface area contributed by atoms with Gasteiger partial charge < -0.3 is 9.84 Å². The predicted molar refractivity (Wildman–Crippen MR) is 336 cm³/mol. The van der Waals surface area contributed by atoms with Crippen LogP contribution in [0.1, 0.15) is 158 Å². The minimum atomic E-state index is -0.899. The van der Waals surface area contributed by atoms with Gasteiger partial charge in [-0.15, -0.1) is 0 Å². The summed E-state index contributed by atoms with van der Waals surface area (Å²) in [4.78, 5) is 121. The Morgan fingerprint density at radius 3 is 0.933 bits per heavy atom. The lowest BCUT2D eigenvalue weighted by molar-refractivity contribution is -0.142. The van der Waals surface area contributed by atoms with E-state index in [1.165, 1.54) is 7.11 Å². The number of fused-ring (bicyclic) bond motifs is 1. The maximum atomic E-state index is 12.8. The first-order chi connectivity index (χ1) is 42.8. The van der Waals surface area contributed by atoms with Crippen molar-refractivity contribution < 1.29 is 57.8 Å². The molecule has 1 heterocycles.